The second-order valence-electron chi connectivity index (χ2n) is 4.33. The number of esters is 1. The molecule has 6 heteroatoms. The van der Waals surface area contributed by atoms with E-state index in [1.165, 1.54) is 0 Å². The zero-order valence-corrected chi connectivity index (χ0v) is 11.4. The third kappa shape index (κ3) is 2.76. The van der Waals surface area contributed by atoms with E-state index in [9.17, 15) is 4.79 Å². The number of hydrogen-bond donors (Lipinski definition) is 1. The number of nitrogens with zero attached hydrogens (tertiary/aromatic N) is 2. The number of methoxy groups -OCH3 is 1. The number of aromatic nitrogens is 2. The van der Waals surface area contributed by atoms with Gasteiger partial charge in [0.1, 0.15) is 17.0 Å². The Morgan fingerprint density at radius 1 is 1.39 bits per heavy atom. The van der Waals surface area contributed by atoms with E-state index in [0.29, 0.717) is 11.5 Å². The predicted molar refractivity (Wildman–Crippen MR) is 67.2 cm³/mol. The lowest BCUT2D eigenvalue weighted by Crippen LogP contribution is -2.25. The van der Waals surface area contributed by atoms with Crippen LogP contribution in [0.4, 0.5) is 5.82 Å². The van der Waals surface area contributed by atoms with Crippen molar-refractivity contribution in [2.75, 3.05) is 19.5 Å². The molecule has 0 atom stereocenters. The second-order valence-corrected chi connectivity index (χ2v) is 4.33. The number of carbonyl (C=O) groups is 1. The lowest BCUT2D eigenvalue weighted by Gasteiger charge is -2.22. The van der Waals surface area contributed by atoms with Gasteiger partial charge in [-0.05, 0) is 27.7 Å². The van der Waals surface area contributed by atoms with Crippen LogP contribution in [0.3, 0.4) is 0 Å². The highest BCUT2D eigenvalue weighted by molar-refractivity contribution is 5.95. The summed E-state index contributed by atoms with van der Waals surface area (Å²) >= 11 is 0. The summed E-state index contributed by atoms with van der Waals surface area (Å²) in [6, 6.07) is 0. The molecule has 100 valence electrons. The highest BCUT2D eigenvalue weighted by Crippen LogP contribution is 2.23. The molecule has 6 nitrogen and oxygen atoms in total. The minimum Gasteiger partial charge on any atom is -0.462 e. The van der Waals surface area contributed by atoms with Gasteiger partial charge >= 0.3 is 5.97 Å². The number of ether oxygens (including phenoxy) is 2. The highest BCUT2D eigenvalue weighted by atomic mass is 16.5. The largest absolute Gasteiger partial charge is 0.462 e. The van der Waals surface area contributed by atoms with E-state index in [-0.39, 0.29) is 18.0 Å². The van der Waals surface area contributed by atoms with Crippen LogP contribution in [0.2, 0.25) is 0 Å². The number of anilines is 1. The Kier molecular flexibility index (Phi) is 4.24. The van der Waals surface area contributed by atoms with Crippen molar-refractivity contribution in [3.8, 4) is 0 Å². The summed E-state index contributed by atoms with van der Waals surface area (Å²) in [5.74, 6) is 0.0448. The maximum Gasteiger partial charge on any atom is 0.343 e. The lowest BCUT2D eigenvalue weighted by molar-refractivity contribution is 0.0113. The first-order valence-electron chi connectivity index (χ1n) is 5.70. The average Bonchev–Trinajstić information content (AvgIpc) is 2.28. The van der Waals surface area contributed by atoms with E-state index in [1.54, 1.807) is 21.0 Å². The smallest absolute Gasteiger partial charge is 0.343 e. The van der Waals surface area contributed by atoms with Gasteiger partial charge in [-0.25, -0.2) is 14.8 Å². The van der Waals surface area contributed by atoms with Crippen LogP contribution < -0.4 is 5.73 Å². The van der Waals surface area contributed by atoms with Crippen molar-refractivity contribution in [1.29, 1.82) is 0 Å². The van der Waals surface area contributed by atoms with E-state index in [0.717, 1.165) is 0 Å². The third-order valence-corrected chi connectivity index (χ3v) is 2.65. The van der Waals surface area contributed by atoms with E-state index >= 15 is 0 Å². The van der Waals surface area contributed by atoms with Crippen LogP contribution >= 0.6 is 0 Å². The summed E-state index contributed by atoms with van der Waals surface area (Å²) in [6.45, 7) is 7.35. The first-order chi connectivity index (χ1) is 8.33. The number of nitrogens with two attached hydrogens (primary N) is 1. The molecular weight excluding hydrogens is 234 g/mol. The zero-order chi connectivity index (χ0) is 13.9. The van der Waals surface area contributed by atoms with Crippen molar-refractivity contribution < 1.29 is 14.3 Å². The molecule has 0 saturated heterocycles. The summed E-state index contributed by atoms with van der Waals surface area (Å²) in [5, 5.41) is 0. The Morgan fingerprint density at radius 2 is 2.00 bits per heavy atom. The quantitative estimate of drug-likeness (QED) is 0.817. The molecule has 0 saturated carbocycles. The normalized spacial score (nSPS) is 11.4. The fourth-order valence-corrected chi connectivity index (χ4v) is 1.41. The maximum atomic E-state index is 11.7. The molecule has 0 aliphatic carbocycles. The Labute approximate surface area is 107 Å². The van der Waals surface area contributed by atoms with Crippen LogP contribution in [-0.2, 0) is 15.1 Å². The van der Waals surface area contributed by atoms with Crippen molar-refractivity contribution in [2.45, 2.75) is 33.3 Å². The summed E-state index contributed by atoms with van der Waals surface area (Å²) in [4.78, 5) is 20.1. The summed E-state index contributed by atoms with van der Waals surface area (Å²) in [5.41, 5.74) is 5.84. The number of carbonyl (C=O) groups excluding carboxylic acids is 1. The highest BCUT2D eigenvalue weighted by Gasteiger charge is 2.27. The van der Waals surface area contributed by atoms with Crippen molar-refractivity contribution in [2.24, 2.45) is 0 Å². The molecule has 0 spiro atoms. The van der Waals surface area contributed by atoms with Crippen LogP contribution in [0.25, 0.3) is 0 Å². The first-order valence-corrected chi connectivity index (χ1v) is 5.70. The lowest BCUT2D eigenvalue weighted by atomic mass is 10.1. The summed E-state index contributed by atoms with van der Waals surface area (Å²) in [7, 11) is 1.56. The van der Waals surface area contributed by atoms with Crippen LogP contribution in [0.5, 0.6) is 0 Å². The van der Waals surface area contributed by atoms with Gasteiger partial charge in [-0.15, -0.1) is 0 Å². The molecule has 0 aliphatic rings. The summed E-state index contributed by atoms with van der Waals surface area (Å²) in [6.07, 6.45) is 0. The van der Waals surface area contributed by atoms with Gasteiger partial charge in [0.05, 0.1) is 12.3 Å². The monoisotopic (exact) mass is 253 g/mol. The zero-order valence-electron chi connectivity index (χ0n) is 11.4. The van der Waals surface area contributed by atoms with Crippen molar-refractivity contribution >= 4 is 11.8 Å². The second kappa shape index (κ2) is 5.30. The van der Waals surface area contributed by atoms with Gasteiger partial charge in [-0.2, -0.15) is 0 Å². The Bertz CT molecular complexity index is 435. The molecule has 0 amide bonds. The molecule has 2 N–H and O–H groups in total. The van der Waals surface area contributed by atoms with Crippen LogP contribution in [-0.4, -0.2) is 29.7 Å². The van der Waals surface area contributed by atoms with Gasteiger partial charge in [0.2, 0.25) is 0 Å². The maximum absolute atomic E-state index is 11.7. The van der Waals surface area contributed by atoms with Gasteiger partial charge in [-0.1, -0.05) is 0 Å². The molecule has 0 aromatic carbocycles. The number of hydrogen-bond acceptors (Lipinski definition) is 6. The van der Waals surface area contributed by atoms with Gasteiger partial charge in [0.15, 0.2) is 5.82 Å². The molecule has 1 aromatic rings. The van der Waals surface area contributed by atoms with Crippen LogP contribution in [0, 0.1) is 6.92 Å². The predicted octanol–water partition coefficient (Wildman–Crippen LogP) is 1.43. The van der Waals surface area contributed by atoms with Crippen molar-refractivity contribution in [3.63, 3.8) is 0 Å². The number of nitrogen functional groups attached to an aromatic ring is 1. The van der Waals surface area contributed by atoms with Crippen molar-refractivity contribution in [3.05, 3.63) is 17.1 Å². The number of rotatable bonds is 4. The van der Waals surface area contributed by atoms with E-state index in [2.05, 4.69) is 9.97 Å². The molecule has 1 aromatic heterocycles. The fraction of sp³-hybridized carbons (Fsp3) is 0.583. The van der Waals surface area contributed by atoms with E-state index < -0.39 is 11.6 Å². The SMILES string of the molecule is CCOC(=O)c1c(C)nc(C(C)(C)OC)nc1N. The Hall–Kier alpha value is -1.69. The molecular formula is C12H19N3O3. The van der Waals surface area contributed by atoms with Crippen molar-refractivity contribution in [1.82, 2.24) is 9.97 Å². The average molecular weight is 253 g/mol. The Balaban J connectivity index is 3.25. The molecule has 0 aliphatic heterocycles. The molecule has 0 bridgehead atoms. The molecule has 0 radical (unpaired) electrons. The minimum absolute atomic E-state index is 0.112. The van der Waals surface area contributed by atoms with Crippen LogP contribution in [0.1, 0.15) is 42.6 Å². The van der Waals surface area contributed by atoms with Crippen LogP contribution in [0.15, 0.2) is 0 Å². The van der Waals surface area contributed by atoms with Gasteiger partial charge in [0, 0.05) is 7.11 Å². The molecule has 1 rings (SSSR count). The number of aryl methyl sites for hydroxylation is 1. The van der Waals surface area contributed by atoms with E-state index in [4.69, 9.17) is 15.2 Å². The Morgan fingerprint density at radius 3 is 2.44 bits per heavy atom. The molecule has 0 fully saturated rings. The standard InChI is InChI=1S/C12H19N3O3/c1-6-18-10(16)8-7(2)14-11(15-9(8)13)12(3,4)17-5/h6H2,1-5H3,(H2,13,14,15). The third-order valence-electron chi connectivity index (χ3n) is 2.65. The van der Waals surface area contributed by atoms with Gasteiger partial charge in [-0.3, -0.25) is 0 Å². The molecule has 0 unspecified atom stereocenters. The molecule has 18 heavy (non-hydrogen) atoms. The first kappa shape index (κ1) is 14.4. The minimum atomic E-state index is -0.661. The summed E-state index contributed by atoms with van der Waals surface area (Å²) < 4.78 is 10.2. The molecule has 1 heterocycles. The van der Waals surface area contributed by atoms with E-state index in [1.807, 2.05) is 13.8 Å². The fourth-order valence-electron chi connectivity index (χ4n) is 1.41. The van der Waals surface area contributed by atoms with Gasteiger partial charge < -0.3 is 15.2 Å². The van der Waals surface area contributed by atoms with Gasteiger partial charge in [0.25, 0.3) is 0 Å². The topological polar surface area (TPSA) is 87.3 Å².